The Kier molecular flexibility index (Phi) is 7.93. The third-order valence-corrected chi connectivity index (χ3v) is 14.6. The van der Waals surface area contributed by atoms with Crippen LogP contribution in [0.5, 0.6) is 0 Å². The highest BCUT2D eigenvalue weighted by molar-refractivity contribution is 7.99. The first-order valence-corrected chi connectivity index (χ1v) is 13.4. The molecule has 0 heterocycles. The topological polar surface area (TPSA) is 17.1 Å². The van der Waals surface area contributed by atoms with Gasteiger partial charge in [-0.25, -0.2) is 0 Å². The highest BCUT2D eigenvalue weighted by atomic mass is 32.2. The average molecular weight is 399 g/mol. The first kappa shape index (κ1) is 22.0. The molecule has 0 amide bonds. The second-order valence-electron chi connectivity index (χ2n) is 8.49. The molecule has 0 atom stereocenters. The van der Waals surface area contributed by atoms with Gasteiger partial charge in [0, 0.05) is 22.3 Å². The number of rotatable bonds is 9. The summed E-state index contributed by atoms with van der Waals surface area (Å²) in [5.74, 6) is 0.416. The molecule has 0 unspecified atom stereocenters. The van der Waals surface area contributed by atoms with Gasteiger partial charge in [0.25, 0.3) is 0 Å². The molecular weight excluding hydrogens is 364 g/mol. The Morgan fingerprint density at radius 2 is 1.33 bits per heavy atom. The standard InChI is InChI=1S/C24H34OSSi/c1-18(2)27(19(3)4,20(5)6)17-22(25)16-21-12-10-11-15-24(21)26-23-13-8-7-9-14-23/h7-15,18-20H,16-17H2,1-6H3. The summed E-state index contributed by atoms with van der Waals surface area (Å²) in [4.78, 5) is 15.6. The summed E-state index contributed by atoms with van der Waals surface area (Å²) in [5.41, 5.74) is 3.02. The lowest BCUT2D eigenvalue weighted by atomic mass is 10.1. The molecule has 0 fully saturated rings. The molecule has 2 rings (SSSR count). The Balaban J connectivity index is 2.20. The molecule has 0 bridgehead atoms. The van der Waals surface area contributed by atoms with E-state index in [0.717, 1.165) is 11.6 Å². The molecule has 0 aliphatic rings. The van der Waals surface area contributed by atoms with Crippen molar-refractivity contribution in [2.24, 2.45) is 0 Å². The molecular formula is C24H34OSSi. The van der Waals surface area contributed by atoms with Crippen molar-refractivity contribution in [3.63, 3.8) is 0 Å². The van der Waals surface area contributed by atoms with Crippen molar-refractivity contribution in [1.29, 1.82) is 0 Å². The maximum absolute atomic E-state index is 13.2. The molecule has 2 aromatic carbocycles. The van der Waals surface area contributed by atoms with Gasteiger partial charge >= 0.3 is 0 Å². The Morgan fingerprint density at radius 1 is 0.815 bits per heavy atom. The molecule has 0 radical (unpaired) electrons. The van der Waals surface area contributed by atoms with E-state index in [0.29, 0.717) is 28.8 Å². The van der Waals surface area contributed by atoms with Crippen LogP contribution in [0.25, 0.3) is 0 Å². The molecule has 146 valence electrons. The molecule has 0 saturated carbocycles. The number of hydrogen-bond acceptors (Lipinski definition) is 2. The van der Waals surface area contributed by atoms with E-state index in [1.165, 1.54) is 9.79 Å². The van der Waals surface area contributed by atoms with E-state index in [4.69, 9.17) is 0 Å². The summed E-state index contributed by atoms with van der Waals surface area (Å²) in [6.45, 7) is 14.0. The van der Waals surface area contributed by atoms with E-state index in [2.05, 4.69) is 90.1 Å². The third-order valence-electron chi connectivity index (χ3n) is 6.06. The molecule has 2 aromatic rings. The van der Waals surface area contributed by atoms with E-state index in [1.807, 2.05) is 6.07 Å². The lowest BCUT2D eigenvalue weighted by molar-refractivity contribution is -0.116. The third kappa shape index (κ3) is 5.36. The van der Waals surface area contributed by atoms with Crippen LogP contribution in [0.3, 0.4) is 0 Å². The van der Waals surface area contributed by atoms with E-state index >= 15 is 0 Å². The highest BCUT2D eigenvalue weighted by Gasteiger charge is 2.43. The van der Waals surface area contributed by atoms with Crippen molar-refractivity contribution in [3.8, 4) is 0 Å². The summed E-state index contributed by atoms with van der Waals surface area (Å²) >= 11 is 1.75. The van der Waals surface area contributed by atoms with Crippen molar-refractivity contribution in [3.05, 3.63) is 60.2 Å². The van der Waals surface area contributed by atoms with Gasteiger partial charge in [-0.05, 0) is 23.8 Å². The van der Waals surface area contributed by atoms with Gasteiger partial charge < -0.3 is 0 Å². The molecule has 0 N–H and O–H groups in total. The predicted octanol–water partition coefficient (Wildman–Crippen LogP) is 7.63. The normalized spacial score (nSPS) is 12.2. The molecule has 0 spiro atoms. The quantitative estimate of drug-likeness (QED) is 0.404. The second kappa shape index (κ2) is 9.75. The zero-order valence-corrected chi connectivity index (χ0v) is 19.5. The van der Waals surface area contributed by atoms with Gasteiger partial charge in [-0.2, -0.15) is 0 Å². The maximum atomic E-state index is 13.2. The van der Waals surface area contributed by atoms with Crippen LogP contribution in [0.2, 0.25) is 22.7 Å². The number of ketones is 1. The lowest BCUT2D eigenvalue weighted by Crippen LogP contribution is -2.46. The molecule has 1 nitrogen and oxygen atoms in total. The fourth-order valence-corrected chi connectivity index (χ4v) is 11.6. The Hall–Kier alpha value is -1.32. The van der Waals surface area contributed by atoms with E-state index in [-0.39, 0.29) is 0 Å². The SMILES string of the molecule is CC(C)[Si](CC(=O)Cc1ccccc1Sc1ccccc1)(C(C)C)C(C)C. The zero-order chi connectivity index (χ0) is 20.0. The first-order valence-electron chi connectivity index (χ1n) is 10.1. The van der Waals surface area contributed by atoms with E-state index < -0.39 is 8.07 Å². The molecule has 0 saturated heterocycles. The summed E-state index contributed by atoms with van der Waals surface area (Å²) in [6, 6.07) is 19.6. The number of Topliss-reactive ketones (excluding diaryl/α,β-unsaturated/α-hetero) is 1. The Bertz CT molecular complexity index is 715. The Labute approximate surface area is 171 Å². The van der Waals surface area contributed by atoms with Gasteiger partial charge in [-0.15, -0.1) is 0 Å². The van der Waals surface area contributed by atoms with Gasteiger partial charge in [0.05, 0.1) is 8.07 Å². The van der Waals surface area contributed by atoms with Crippen LogP contribution in [-0.4, -0.2) is 13.9 Å². The zero-order valence-electron chi connectivity index (χ0n) is 17.7. The minimum Gasteiger partial charge on any atom is -0.300 e. The monoisotopic (exact) mass is 398 g/mol. The molecule has 27 heavy (non-hydrogen) atoms. The van der Waals surface area contributed by atoms with Crippen LogP contribution in [0, 0.1) is 0 Å². The number of hydrogen-bond donors (Lipinski definition) is 0. The number of carbonyl (C=O) groups excluding carboxylic acids is 1. The first-order chi connectivity index (χ1) is 12.8. The van der Waals surface area contributed by atoms with Crippen LogP contribution in [0.4, 0.5) is 0 Å². The minimum absolute atomic E-state index is 0.416. The van der Waals surface area contributed by atoms with Crippen molar-refractivity contribution in [2.75, 3.05) is 0 Å². The van der Waals surface area contributed by atoms with Crippen LogP contribution in [-0.2, 0) is 11.2 Å². The van der Waals surface area contributed by atoms with Gasteiger partial charge in [0.2, 0.25) is 0 Å². The van der Waals surface area contributed by atoms with Gasteiger partial charge in [0.15, 0.2) is 0 Å². The van der Waals surface area contributed by atoms with Crippen LogP contribution in [0.15, 0.2) is 64.4 Å². The van der Waals surface area contributed by atoms with E-state index in [9.17, 15) is 4.79 Å². The van der Waals surface area contributed by atoms with Crippen molar-refractivity contribution >= 4 is 25.6 Å². The Morgan fingerprint density at radius 3 is 1.89 bits per heavy atom. The predicted molar refractivity (Wildman–Crippen MR) is 122 cm³/mol. The molecule has 0 aromatic heterocycles. The maximum Gasteiger partial charge on any atom is 0.134 e. The second-order valence-corrected chi connectivity index (χ2v) is 15.6. The van der Waals surface area contributed by atoms with Crippen molar-refractivity contribution < 1.29 is 4.79 Å². The summed E-state index contributed by atoms with van der Waals surface area (Å²) < 4.78 is 0. The summed E-state index contributed by atoms with van der Waals surface area (Å²) in [5, 5.41) is 0. The minimum atomic E-state index is -1.69. The number of carbonyl (C=O) groups is 1. The van der Waals surface area contributed by atoms with Crippen LogP contribution in [0.1, 0.15) is 47.1 Å². The van der Waals surface area contributed by atoms with Crippen molar-refractivity contribution in [2.45, 2.75) is 80.4 Å². The smallest absolute Gasteiger partial charge is 0.134 e. The fraction of sp³-hybridized carbons (Fsp3) is 0.458. The number of benzene rings is 2. The lowest BCUT2D eigenvalue weighted by Gasteiger charge is -2.43. The van der Waals surface area contributed by atoms with Crippen LogP contribution < -0.4 is 0 Å². The summed E-state index contributed by atoms with van der Waals surface area (Å²) in [6.07, 6.45) is 0.552. The highest BCUT2D eigenvalue weighted by Crippen LogP contribution is 2.44. The summed E-state index contributed by atoms with van der Waals surface area (Å²) in [7, 11) is -1.69. The molecule has 3 heteroatoms. The van der Waals surface area contributed by atoms with Gasteiger partial charge in [0.1, 0.15) is 5.78 Å². The van der Waals surface area contributed by atoms with E-state index in [1.54, 1.807) is 11.8 Å². The largest absolute Gasteiger partial charge is 0.300 e. The van der Waals surface area contributed by atoms with Gasteiger partial charge in [-0.1, -0.05) is 106 Å². The van der Waals surface area contributed by atoms with Gasteiger partial charge in [-0.3, -0.25) is 4.79 Å². The average Bonchev–Trinajstić information content (AvgIpc) is 2.61. The molecule has 0 aliphatic heterocycles. The van der Waals surface area contributed by atoms with Crippen LogP contribution >= 0.6 is 11.8 Å². The molecule has 0 aliphatic carbocycles. The van der Waals surface area contributed by atoms with Crippen molar-refractivity contribution in [1.82, 2.24) is 0 Å². The fourth-order valence-electron chi connectivity index (χ4n) is 4.59.